The Morgan fingerprint density at radius 2 is 1.73 bits per heavy atom. The minimum atomic E-state index is -3.33. The highest BCUT2D eigenvalue weighted by Gasteiger charge is 2.34. The third kappa shape index (κ3) is 5.31. The van der Waals surface area contributed by atoms with Crippen LogP contribution in [-0.4, -0.2) is 36.1 Å². The summed E-state index contributed by atoms with van der Waals surface area (Å²) >= 11 is 0. The van der Waals surface area contributed by atoms with E-state index >= 15 is 0 Å². The molecule has 1 atom stereocenters. The van der Waals surface area contributed by atoms with Gasteiger partial charge in [0.25, 0.3) is 0 Å². The van der Waals surface area contributed by atoms with Gasteiger partial charge in [0.2, 0.25) is 0 Å². The Bertz CT molecular complexity index is 1280. The normalized spacial score (nSPS) is 15.0. The van der Waals surface area contributed by atoms with E-state index < -0.39 is 21.7 Å². The Labute approximate surface area is 192 Å². The van der Waals surface area contributed by atoms with E-state index in [2.05, 4.69) is 15.7 Å². The number of carbonyl (C=O) groups is 2. The van der Waals surface area contributed by atoms with E-state index in [0.29, 0.717) is 23.4 Å². The largest absolute Gasteiger partial charge is 0.345 e. The van der Waals surface area contributed by atoms with Gasteiger partial charge in [-0.05, 0) is 44.4 Å². The van der Waals surface area contributed by atoms with E-state index in [0.717, 1.165) is 17.5 Å². The summed E-state index contributed by atoms with van der Waals surface area (Å²) in [6.07, 6.45) is 1.45. The highest BCUT2D eigenvalue weighted by molar-refractivity contribution is 7.90. The van der Waals surface area contributed by atoms with Crippen LogP contribution in [0.15, 0.2) is 54.6 Å². The molecule has 1 aliphatic heterocycles. The van der Waals surface area contributed by atoms with Crippen LogP contribution in [0.3, 0.4) is 0 Å². The molecule has 0 spiro atoms. The van der Waals surface area contributed by atoms with E-state index in [-0.39, 0.29) is 23.4 Å². The molecule has 172 valence electrons. The minimum absolute atomic E-state index is 0.188. The maximum atomic E-state index is 12.7. The number of aromatic nitrogens is 2. The first-order valence-corrected chi connectivity index (χ1v) is 12.6. The van der Waals surface area contributed by atoms with Crippen molar-refractivity contribution in [3.63, 3.8) is 0 Å². The molecule has 33 heavy (non-hydrogen) atoms. The quantitative estimate of drug-likeness (QED) is 0.543. The molecule has 0 saturated carbocycles. The van der Waals surface area contributed by atoms with Crippen LogP contribution in [0.2, 0.25) is 0 Å². The molecule has 0 radical (unpaired) electrons. The summed E-state index contributed by atoms with van der Waals surface area (Å²) in [6, 6.07) is 17.1. The van der Waals surface area contributed by atoms with Gasteiger partial charge in [-0.15, -0.1) is 0 Å². The van der Waals surface area contributed by atoms with Crippen molar-refractivity contribution in [3.05, 3.63) is 77.0 Å². The van der Waals surface area contributed by atoms with Gasteiger partial charge in [-0.3, -0.25) is 9.59 Å². The Kier molecular flexibility index (Phi) is 6.33. The Morgan fingerprint density at radius 3 is 2.42 bits per heavy atom. The molecule has 2 N–H and O–H groups in total. The Morgan fingerprint density at radius 1 is 1.03 bits per heavy atom. The number of rotatable bonds is 6. The zero-order chi connectivity index (χ0) is 23.6. The molecule has 8 nitrogen and oxygen atoms in total. The molecule has 0 bridgehead atoms. The smallest absolute Gasteiger partial charge is 0.314 e. The number of nitrogens with one attached hydrogen (secondary N) is 2. The number of hydrogen-bond donors (Lipinski definition) is 2. The lowest BCUT2D eigenvalue weighted by atomic mass is 10.1. The third-order valence-corrected chi connectivity index (χ3v) is 7.03. The molecule has 0 fully saturated rings. The van der Waals surface area contributed by atoms with Crippen molar-refractivity contribution < 1.29 is 18.0 Å². The van der Waals surface area contributed by atoms with E-state index in [1.807, 2.05) is 68.4 Å². The van der Waals surface area contributed by atoms with Crippen molar-refractivity contribution in [3.8, 4) is 5.69 Å². The molecule has 4 rings (SSSR count). The maximum Gasteiger partial charge on any atom is 0.314 e. The van der Waals surface area contributed by atoms with Crippen molar-refractivity contribution in [2.24, 2.45) is 0 Å². The predicted molar refractivity (Wildman–Crippen MR) is 126 cm³/mol. The van der Waals surface area contributed by atoms with E-state index in [4.69, 9.17) is 0 Å². The first-order valence-electron chi connectivity index (χ1n) is 10.8. The first kappa shape index (κ1) is 22.7. The molecular formula is C24H26N4O4S. The fourth-order valence-corrected chi connectivity index (χ4v) is 5.29. The van der Waals surface area contributed by atoms with Crippen LogP contribution in [0.1, 0.15) is 35.7 Å². The molecule has 3 aromatic rings. The number of amides is 2. The number of anilines is 1. The SMILES string of the molecule is Cc1ccc(-n2nc3c(c2NC(=O)C(=O)NC(C)CCc2ccccc2)CS(=O)(=O)C3)cc1. The average molecular weight is 467 g/mol. The fraction of sp³-hybridized carbons (Fsp3) is 0.292. The summed E-state index contributed by atoms with van der Waals surface area (Å²) < 4.78 is 25.7. The van der Waals surface area contributed by atoms with Gasteiger partial charge in [-0.25, -0.2) is 13.1 Å². The van der Waals surface area contributed by atoms with Crippen molar-refractivity contribution in [2.45, 2.75) is 44.2 Å². The number of nitrogens with zero attached hydrogens (tertiary/aromatic N) is 2. The standard InChI is InChI=1S/C24H26N4O4S/c1-16-8-12-19(13-9-16)28-22(20-14-33(31,32)15-21(20)27-28)26-24(30)23(29)25-17(2)10-11-18-6-4-3-5-7-18/h3-9,12-13,17H,10-11,14-15H2,1-2H3,(H,25,29)(H,26,30). The topological polar surface area (TPSA) is 110 Å². The molecule has 2 aromatic carbocycles. The number of hydrogen-bond acceptors (Lipinski definition) is 5. The summed E-state index contributed by atoms with van der Waals surface area (Å²) in [5.41, 5.74) is 3.69. The molecule has 1 aromatic heterocycles. The van der Waals surface area contributed by atoms with Gasteiger partial charge in [-0.2, -0.15) is 5.10 Å². The zero-order valence-corrected chi connectivity index (χ0v) is 19.4. The van der Waals surface area contributed by atoms with Gasteiger partial charge < -0.3 is 10.6 Å². The van der Waals surface area contributed by atoms with Crippen molar-refractivity contribution in [1.29, 1.82) is 0 Å². The van der Waals surface area contributed by atoms with Crippen LogP contribution in [0.4, 0.5) is 5.82 Å². The van der Waals surface area contributed by atoms with Gasteiger partial charge in [-0.1, -0.05) is 48.0 Å². The van der Waals surface area contributed by atoms with Gasteiger partial charge in [0.15, 0.2) is 9.84 Å². The highest BCUT2D eigenvalue weighted by Crippen LogP contribution is 2.33. The molecule has 2 amide bonds. The summed E-state index contributed by atoms with van der Waals surface area (Å²) in [5, 5.41) is 9.73. The number of benzene rings is 2. The van der Waals surface area contributed by atoms with Crippen LogP contribution in [0, 0.1) is 6.92 Å². The number of aryl methyl sites for hydroxylation is 2. The van der Waals surface area contributed by atoms with E-state index in [9.17, 15) is 18.0 Å². The summed E-state index contributed by atoms with van der Waals surface area (Å²) in [5.74, 6) is -1.83. The van der Waals surface area contributed by atoms with Crippen molar-refractivity contribution in [1.82, 2.24) is 15.1 Å². The highest BCUT2D eigenvalue weighted by atomic mass is 32.2. The predicted octanol–water partition coefficient (Wildman–Crippen LogP) is 2.69. The minimum Gasteiger partial charge on any atom is -0.345 e. The summed E-state index contributed by atoms with van der Waals surface area (Å²) in [4.78, 5) is 25.2. The molecule has 0 saturated heterocycles. The van der Waals surface area contributed by atoms with Crippen LogP contribution in [-0.2, 0) is 37.4 Å². The third-order valence-electron chi connectivity index (χ3n) is 5.59. The summed E-state index contributed by atoms with van der Waals surface area (Å²) in [7, 11) is -3.33. The average Bonchev–Trinajstić information content (AvgIpc) is 3.25. The molecule has 2 heterocycles. The van der Waals surface area contributed by atoms with Crippen LogP contribution in [0.5, 0.6) is 0 Å². The monoisotopic (exact) mass is 466 g/mol. The van der Waals surface area contributed by atoms with E-state index in [1.54, 1.807) is 0 Å². The molecule has 0 aliphatic carbocycles. The van der Waals surface area contributed by atoms with Crippen LogP contribution >= 0.6 is 0 Å². The van der Waals surface area contributed by atoms with Crippen LogP contribution in [0.25, 0.3) is 5.69 Å². The van der Waals surface area contributed by atoms with Crippen molar-refractivity contribution in [2.75, 3.05) is 5.32 Å². The Balaban J connectivity index is 1.48. The van der Waals surface area contributed by atoms with Gasteiger partial charge >= 0.3 is 11.8 Å². The molecule has 1 unspecified atom stereocenters. The first-order chi connectivity index (χ1) is 15.7. The number of carbonyl (C=O) groups excluding carboxylic acids is 2. The fourth-order valence-electron chi connectivity index (χ4n) is 3.80. The summed E-state index contributed by atoms with van der Waals surface area (Å²) in [6.45, 7) is 3.79. The lowest BCUT2D eigenvalue weighted by molar-refractivity contribution is -0.136. The Hall–Kier alpha value is -3.46. The molecular weight excluding hydrogens is 440 g/mol. The van der Waals surface area contributed by atoms with Gasteiger partial charge in [0, 0.05) is 11.6 Å². The zero-order valence-electron chi connectivity index (χ0n) is 18.5. The molecule has 9 heteroatoms. The number of fused-ring (bicyclic) bond motifs is 1. The lowest BCUT2D eigenvalue weighted by Gasteiger charge is -2.15. The van der Waals surface area contributed by atoms with E-state index in [1.165, 1.54) is 4.68 Å². The second-order valence-electron chi connectivity index (χ2n) is 8.41. The maximum absolute atomic E-state index is 12.7. The second kappa shape index (κ2) is 9.19. The second-order valence-corrected chi connectivity index (χ2v) is 10.5. The van der Waals surface area contributed by atoms with Gasteiger partial charge in [0.05, 0.1) is 22.9 Å². The lowest BCUT2D eigenvalue weighted by Crippen LogP contribution is -2.41. The van der Waals surface area contributed by atoms with Crippen LogP contribution < -0.4 is 10.6 Å². The van der Waals surface area contributed by atoms with Gasteiger partial charge in [0.1, 0.15) is 5.82 Å². The molecule has 1 aliphatic rings. The number of sulfone groups is 1. The van der Waals surface area contributed by atoms with Crippen molar-refractivity contribution >= 4 is 27.5 Å².